The van der Waals surface area contributed by atoms with Gasteiger partial charge in [0.2, 0.25) is 0 Å². The van der Waals surface area contributed by atoms with E-state index in [2.05, 4.69) is 0 Å². The summed E-state index contributed by atoms with van der Waals surface area (Å²) in [4.78, 5) is 24.3. The van der Waals surface area contributed by atoms with Crippen LogP contribution in [-0.4, -0.2) is 34.0 Å². The Morgan fingerprint density at radius 1 is 1.25 bits per heavy atom. The molecule has 1 amide bonds. The molecule has 0 radical (unpaired) electrons. The highest BCUT2D eigenvalue weighted by Crippen LogP contribution is 2.30. The topological polar surface area (TPSA) is 57.6 Å². The van der Waals surface area contributed by atoms with Gasteiger partial charge in [-0.25, -0.2) is 18.0 Å². The molecule has 1 aromatic carbocycles. The molecule has 1 N–H and O–H groups in total. The third-order valence-corrected chi connectivity index (χ3v) is 3.18. The maximum atomic E-state index is 13.1. The highest BCUT2D eigenvalue weighted by Gasteiger charge is 2.39. The number of halogens is 3. The van der Waals surface area contributed by atoms with E-state index in [0.717, 1.165) is 4.90 Å². The monoisotopic (exact) mass is 287 g/mol. The second-order valence-corrected chi connectivity index (χ2v) is 4.71. The van der Waals surface area contributed by atoms with Gasteiger partial charge in [-0.3, -0.25) is 4.79 Å². The maximum Gasteiger partial charge on any atom is 0.326 e. The van der Waals surface area contributed by atoms with Gasteiger partial charge in [0.15, 0.2) is 17.5 Å². The summed E-state index contributed by atoms with van der Waals surface area (Å²) in [5.41, 5.74) is -0.401. The fourth-order valence-electron chi connectivity index (χ4n) is 1.96. The van der Waals surface area contributed by atoms with Crippen molar-refractivity contribution in [3.05, 3.63) is 35.1 Å². The first-order valence-electron chi connectivity index (χ1n) is 6.03. The fraction of sp³-hybridized carbons (Fsp3) is 0.385. The minimum Gasteiger partial charge on any atom is -0.480 e. The van der Waals surface area contributed by atoms with Gasteiger partial charge in [-0.05, 0) is 31.9 Å². The molecule has 7 heteroatoms. The zero-order valence-corrected chi connectivity index (χ0v) is 10.6. The molecule has 1 aliphatic rings. The standard InChI is InChI=1S/C13H12F3NO3/c1-6(13(19)20)17(8-2-3-8)12(18)7-4-9(14)11(16)10(15)5-7/h4-6,8H,2-3H2,1H3,(H,19,20). The van der Waals surface area contributed by atoms with E-state index in [1.165, 1.54) is 6.92 Å². The van der Waals surface area contributed by atoms with E-state index in [0.29, 0.717) is 25.0 Å². The molecule has 1 fully saturated rings. The highest BCUT2D eigenvalue weighted by atomic mass is 19.2. The smallest absolute Gasteiger partial charge is 0.326 e. The summed E-state index contributed by atoms with van der Waals surface area (Å²) >= 11 is 0. The molecular weight excluding hydrogens is 275 g/mol. The molecule has 2 rings (SSSR count). The van der Waals surface area contributed by atoms with Crippen LogP contribution in [0.2, 0.25) is 0 Å². The van der Waals surface area contributed by atoms with Crippen molar-refractivity contribution in [2.75, 3.05) is 0 Å². The molecule has 0 spiro atoms. The van der Waals surface area contributed by atoms with Crippen molar-refractivity contribution >= 4 is 11.9 Å². The summed E-state index contributed by atoms with van der Waals surface area (Å²) in [6.45, 7) is 1.31. The lowest BCUT2D eigenvalue weighted by Gasteiger charge is -2.26. The second kappa shape index (κ2) is 5.15. The molecule has 4 nitrogen and oxygen atoms in total. The van der Waals surface area contributed by atoms with E-state index in [1.54, 1.807) is 0 Å². The lowest BCUT2D eigenvalue weighted by molar-refractivity contribution is -0.141. The van der Waals surface area contributed by atoms with Crippen molar-refractivity contribution < 1.29 is 27.9 Å². The Hall–Kier alpha value is -2.05. The normalized spacial score (nSPS) is 15.8. The molecule has 1 saturated carbocycles. The summed E-state index contributed by atoms with van der Waals surface area (Å²) < 4.78 is 39.1. The van der Waals surface area contributed by atoms with Crippen molar-refractivity contribution in [3.8, 4) is 0 Å². The van der Waals surface area contributed by atoms with Gasteiger partial charge in [-0.2, -0.15) is 0 Å². The van der Waals surface area contributed by atoms with Crippen LogP contribution >= 0.6 is 0 Å². The summed E-state index contributed by atoms with van der Waals surface area (Å²) in [5, 5.41) is 8.98. The van der Waals surface area contributed by atoms with Gasteiger partial charge < -0.3 is 10.0 Å². The summed E-state index contributed by atoms with van der Waals surface area (Å²) in [7, 11) is 0. The third kappa shape index (κ3) is 2.61. The molecular formula is C13H12F3NO3. The van der Waals surface area contributed by atoms with Crippen molar-refractivity contribution in [2.45, 2.75) is 31.8 Å². The van der Waals surface area contributed by atoms with Gasteiger partial charge in [-0.1, -0.05) is 0 Å². The van der Waals surface area contributed by atoms with Crippen molar-refractivity contribution in [2.24, 2.45) is 0 Å². The number of hydrogen-bond acceptors (Lipinski definition) is 2. The molecule has 1 unspecified atom stereocenters. The summed E-state index contributed by atoms with van der Waals surface area (Å²) in [6.07, 6.45) is 1.27. The number of benzene rings is 1. The molecule has 1 aliphatic carbocycles. The Kier molecular flexibility index (Phi) is 3.69. The number of hydrogen-bond donors (Lipinski definition) is 1. The second-order valence-electron chi connectivity index (χ2n) is 4.71. The number of rotatable bonds is 4. The highest BCUT2D eigenvalue weighted by molar-refractivity contribution is 5.97. The number of carboxylic acid groups (broad SMARTS) is 1. The van der Waals surface area contributed by atoms with Crippen LogP contribution in [0.25, 0.3) is 0 Å². The van der Waals surface area contributed by atoms with E-state index in [1.807, 2.05) is 0 Å². The Labute approximate surface area is 112 Å². The predicted octanol–water partition coefficient (Wildman–Crippen LogP) is 2.18. The maximum absolute atomic E-state index is 13.1. The number of carbonyl (C=O) groups is 2. The van der Waals surface area contributed by atoms with Gasteiger partial charge in [-0.15, -0.1) is 0 Å². The van der Waals surface area contributed by atoms with Crippen LogP contribution in [0.4, 0.5) is 13.2 Å². The van der Waals surface area contributed by atoms with Gasteiger partial charge in [0.1, 0.15) is 6.04 Å². The van der Waals surface area contributed by atoms with Crippen molar-refractivity contribution in [3.63, 3.8) is 0 Å². The molecule has 20 heavy (non-hydrogen) atoms. The summed E-state index contributed by atoms with van der Waals surface area (Å²) in [5.74, 6) is -6.65. The van der Waals surface area contributed by atoms with E-state index in [-0.39, 0.29) is 6.04 Å². The van der Waals surface area contributed by atoms with Crippen molar-refractivity contribution in [1.29, 1.82) is 0 Å². The molecule has 1 atom stereocenters. The largest absolute Gasteiger partial charge is 0.480 e. The minimum atomic E-state index is -1.66. The first-order chi connectivity index (χ1) is 9.32. The van der Waals surface area contributed by atoms with Gasteiger partial charge in [0.05, 0.1) is 0 Å². The van der Waals surface area contributed by atoms with Gasteiger partial charge >= 0.3 is 5.97 Å². The Morgan fingerprint density at radius 2 is 1.75 bits per heavy atom. The van der Waals surface area contributed by atoms with E-state index >= 15 is 0 Å². The van der Waals surface area contributed by atoms with Crippen LogP contribution in [0, 0.1) is 17.5 Å². The average Bonchev–Trinajstić information content (AvgIpc) is 3.19. The lowest BCUT2D eigenvalue weighted by Crippen LogP contribution is -2.44. The van der Waals surface area contributed by atoms with Crippen LogP contribution in [0.15, 0.2) is 12.1 Å². The summed E-state index contributed by atoms with van der Waals surface area (Å²) in [6, 6.07) is -0.231. The first-order valence-corrected chi connectivity index (χ1v) is 6.03. The lowest BCUT2D eigenvalue weighted by atomic mass is 10.1. The zero-order chi connectivity index (χ0) is 15.0. The SMILES string of the molecule is CC(C(=O)O)N(C(=O)c1cc(F)c(F)c(F)c1)C1CC1. The fourth-order valence-corrected chi connectivity index (χ4v) is 1.96. The number of aliphatic carboxylic acids is 1. The van der Waals surface area contributed by atoms with Gasteiger partial charge in [0.25, 0.3) is 5.91 Å². The zero-order valence-electron chi connectivity index (χ0n) is 10.6. The molecule has 0 aliphatic heterocycles. The van der Waals surface area contributed by atoms with E-state index < -0.39 is 40.9 Å². The van der Waals surface area contributed by atoms with E-state index in [4.69, 9.17) is 5.11 Å². The number of nitrogens with zero attached hydrogens (tertiary/aromatic N) is 1. The van der Waals surface area contributed by atoms with Crippen LogP contribution in [-0.2, 0) is 4.79 Å². The quantitative estimate of drug-likeness (QED) is 0.864. The third-order valence-electron chi connectivity index (χ3n) is 3.18. The molecule has 0 heterocycles. The van der Waals surface area contributed by atoms with Crippen molar-refractivity contribution in [1.82, 2.24) is 4.90 Å². The molecule has 1 aromatic rings. The first kappa shape index (κ1) is 14.4. The Morgan fingerprint density at radius 3 is 2.15 bits per heavy atom. The Balaban J connectivity index is 2.35. The number of amides is 1. The molecule has 0 aromatic heterocycles. The van der Waals surface area contributed by atoms with E-state index in [9.17, 15) is 22.8 Å². The average molecular weight is 287 g/mol. The number of carbonyl (C=O) groups excluding carboxylic acids is 1. The van der Waals surface area contributed by atoms with Crippen LogP contribution in [0.1, 0.15) is 30.1 Å². The predicted molar refractivity (Wildman–Crippen MR) is 62.6 cm³/mol. The Bertz CT molecular complexity index is 549. The minimum absolute atomic E-state index is 0.259. The molecule has 0 bridgehead atoms. The number of carboxylic acids is 1. The van der Waals surface area contributed by atoms with Crippen LogP contribution in [0.5, 0.6) is 0 Å². The molecule has 108 valence electrons. The van der Waals surface area contributed by atoms with Crippen LogP contribution < -0.4 is 0 Å². The van der Waals surface area contributed by atoms with Crippen LogP contribution in [0.3, 0.4) is 0 Å². The molecule has 0 saturated heterocycles. The van der Waals surface area contributed by atoms with Gasteiger partial charge in [0, 0.05) is 11.6 Å².